The van der Waals surface area contributed by atoms with E-state index in [-0.39, 0.29) is 11.5 Å². The number of hydrogen-bond acceptors (Lipinski definition) is 2. The van der Waals surface area contributed by atoms with Crippen LogP contribution in [0.2, 0.25) is 0 Å². The summed E-state index contributed by atoms with van der Waals surface area (Å²) in [7, 11) is 1.85. The van der Waals surface area contributed by atoms with Crippen LogP contribution in [0.3, 0.4) is 0 Å². The Morgan fingerprint density at radius 3 is 2.64 bits per heavy atom. The number of fused-ring (bicyclic) bond motifs is 5. The van der Waals surface area contributed by atoms with Crippen LogP contribution in [0.4, 0.5) is 0 Å². The van der Waals surface area contributed by atoms with Gasteiger partial charge in [-0.05, 0) is 80.0 Å². The topological polar surface area (TPSA) is 29.5 Å². The highest BCUT2D eigenvalue weighted by molar-refractivity contribution is 5.25. The van der Waals surface area contributed by atoms with E-state index in [1.807, 2.05) is 7.11 Å². The predicted molar refractivity (Wildman–Crippen MR) is 88.5 cm³/mol. The zero-order valence-corrected chi connectivity index (χ0v) is 14.5. The Labute approximate surface area is 135 Å². The van der Waals surface area contributed by atoms with Crippen molar-refractivity contribution in [1.82, 2.24) is 0 Å². The second-order valence-electron chi connectivity index (χ2n) is 8.98. The third kappa shape index (κ3) is 1.92. The quantitative estimate of drug-likeness (QED) is 0.731. The smallest absolute Gasteiger partial charge is 0.0755 e. The van der Waals surface area contributed by atoms with Crippen LogP contribution in [0.1, 0.15) is 65.2 Å². The van der Waals surface area contributed by atoms with Gasteiger partial charge < -0.3 is 9.84 Å². The van der Waals surface area contributed by atoms with Gasteiger partial charge in [-0.3, -0.25) is 0 Å². The van der Waals surface area contributed by atoms with Crippen molar-refractivity contribution in [2.45, 2.75) is 77.4 Å². The molecule has 2 nitrogen and oxygen atoms in total. The molecule has 4 aliphatic rings. The average molecular weight is 304 g/mol. The molecule has 124 valence electrons. The van der Waals surface area contributed by atoms with Crippen molar-refractivity contribution in [1.29, 1.82) is 0 Å². The summed E-state index contributed by atoms with van der Waals surface area (Å²) in [5, 5.41) is 10.5. The zero-order valence-electron chi connectivity index (χ0n) is 14.5. The summed E-state index contributed by atoms with van der Waals surface area (Å²) in [6.45, 7) is 4.91. The maximum atomic E-state index is 10.5. The van der Waals surface area contributed by atoms with E-state index in [0.717, 1.165) is 24.2 Å². The fraction of sp³-hybridized carbons (Fsp3) is 0.900. The van der Waals surface area contributed by atoms with Gasteiger partial charge in [-0.15, -0.1) is 0 Å². The van der Waals surface area contributed by atoms with Gasteiger partial charge >= 0.3 is 0 Å². The molecule has 0 aromatic rings. The van der Waals surface area contributed by atoms with Gasteiger partial charge in [0.25, 0.3) is 0 Å². The highest BCUT2D eigenvalue weighted by Gasteiger charge is 2.58. The molecule has 0 radical (unpaired) electrons. The summed E-state index contributed by atoms with van der Waals surface area (Å²) in [5.74, 6) is 2.45. The van der Waals surface area contributed by atoms with Gasteiger partial charge in [0, 0.05) is 7.11 Å². The number of rotatable bonds is 1. The molecule has 3 fully saturated rings. The zero-order chi connectivity index (χ0) is 15.5. The largest absolute Gasteiger partial charge is 0.393 e. The maximum absolute atomic E-state index is 10.5. The van der Waals surface area contributed by atoms with E-state index >= 15 is 0 Å². The minimum atomic E-state index is -0.0487. The predicted octanol–water partition coefficient (Wildman–Crippen LogP) is 4.33. The van der Waals surface area contributed by atoms with Gasteiger partial charge in [-0.1, -0.05) is 25.5 Å². The molecule has 3 saturated carbocycles. The molecule has 1 N–H and O–H groups in total. The van der Waals surface area contributed by atoms with Crippen LogP contribution in [0.5, 0.6) is 0 Å². The average Bonchev–Trinajstić information content (AvgIpc) is 2.82. The number of ether oxygens (including phenoxy) is 1. The normalized spacial score (nSPS) is 54.2. The van der Waals surface area contributed by atoms with Crippen molar-refractivity contribution >= 4 is 0 Å². The van der Waals surface area contributed by atoms with Crippen molar-refractivity contribution in [3.63, 3.8) is 0 Å². The molecule has 0 amide bonds. The van der Waals surface area contributed by atoms with Gasteiger partial charge in [-0.2, -0.15) is 0 Å². The van der Waals surface area contributed by atoms with Gasteiger partial charge in [0.05, 0.1) is 12.2 Å². The van der Waals surface area contributed by atoms with Gasteiger partial charge in [-0.25, -0.2) is 0 Å². The van der Waals surface area contributed by atoms with Crippen LogP contribution in [0, 0.1) is 28.6 Å². The molecule has 0 aliphatic heterocycles. The van der Waals surface area contributed by atoms with Crippen molar-refractivity contribution in [2.75, 3.05) is 7.11 Å². The number of hydrogen-bond donors (Lipinski definition) is 1. The van der Waals surface area contributed by atoms with Gasteiger partial charge in [0.2, 0.25) is 0 Å². The van der Waals surface area contributed by atoms with Crippen LogP contribution in [-0.2, 0) is 4.74 Å². The Morgan fingerprint density at radius 1 is 1.05 bits per heavy atom. The van der Waals surface area contributed by atoms with Crippen molar-refractivity contribution in [3.05, 3.63) is 11.6 Å². The van der Waals surface area contributed by atoms with E-state index in [1.165, 1.54) is 44.9 Å². The van der Waals surface area contributed by atoms with E-state index in [0.29, 0.717) is 11.5 Å². The molecule has 0 aromatic heterocycles. The fourth-order valence-electron chi connectivity index (χ4n) is 6.85. The Morgan fingerprint density at radius 2 is 1.86 bits per heavy atom. The Hall–Kier alpha value is -0.340. The molecule has 0 saturated heterocycles. The van der Waals surface area contributed by atoms with Crippen molar-refractivity contribution < 1.29 is 9.84 Å². The van der Waals surface area contributed by atoms with Crippen LogP contribution in [-0.4, -0.2) is 24.4 Å². The van der Waals surface area contributed by atoms with Crippen molar-refractivity contribution in [3.8, 4) is 0 Å². The number of aliphatic hydroxyl groups excluding tert-OH is 1. The summed E-state index contributed by atoms with van der Waals surface area (Å²) in [6.07, 6.45) is 12.7. The minimum absolute atomic E-state index is 0.0487. The van der Waals surface area contributed by atoms with Crippen LogP contribution in [0.15, 0.2) is 11.6 Å². The third-order valence-corrected chi connectivity index (χ3v) is 8.32. The molecule has 4 rings (SSSR count). The summed E-state index contributed by atoms with van der Waals surface area (Å²) in [5.41, 5.74) is 2.31. The first-order chi connectivity index (χ1) is 10.5. The van der Waals surface area contributed by atoms with Crippen LogP contribution < -0.4 is 0 Å². The SMILES string of the molecule is CO[C@@H]1C=C2CCC3C(CCC4(C)C(O)CCC34)C2(C)CC1. The second-order valence-corrected chi connectivity index (χ2v) is 8.98. The highest BCUT2D eigenvalue weighted by Crippen LogP contribution is 2.65. The van der Waals surface area contributed by atoms with E-state index in [4.69, 9.17) is 4.74 Å². The molecule has 2 heteroatoms. The molecule has 22 heavy (non-hydrogen) atoms. The van der Waals surface area contributed by atoms with Crippen LogP contribution in [0.25, 0.3) is 0 Å². The fourth-order valence-corrected chi connectivity index (χ4v) is 6.85. The van der Waals surface area contributed by atoms with Crippen LogP contribution >= 0.6 is 0 Å². The van der Waals surface area contributed by atoms with Gasteiger partial charge in [0.15, 0.2) is 0 Å². The van der Waals surface area contributed by atoms with E-state index < -0.39 is 0 Å². The minimum Gasteiger partial charge on any atom is -0.393 e. The number of methoxy groups -OCH3 is 1. The highest BCUT2D eigenvalue weighted by atomic mass is 16.5. The monoisotopic (exact) mass is 304 g/mol. The molecule has 0 heterocycles. The molecule has 0 bridgehead atoms. The molecule has 7 atom stereocenters. The lowest BCUT2D eigenvalue weighted by Gasteiger charge is -2.58. The number of allylic oxidation sites excluding steroid dienone is 1. The van der Waals surface area contributed by atoms with E-state index in [1.54, 1.807) is 5.57 Å². The first kappa shape index (κ1) is 15.2. The van der Waals surface area contributed by atoms with Gasteiger partial charge in [0.1, 0.15) is 0 Å². The summed E-state index contributed by atoms with van der Waals surface area (Å²) >= 11 is 0. The summed E-state index contributed by atoms with van der Waals surface area (Å²) < 4.78 is 5.61. The van der Waals surface area contributed by atoms with E-state index in [2.05, 4.69) is 19.9 Å². The maximum Gasteiger partial charge on any atom is 0.0755 e. The Bertz CT molecular complexity index is 484. The lowest BCUT2D eigenvalue weighted by molar-refractivity contribution is -0.0769. The first-order valence-electron chi connectivity index (χ1n) is 9.41. The lowest BCUT2D eigenvalue weighted by Crippen LogP contribution is -2.51. The summed E-state index contributed by atoms with van der Waals surface area (Å²) in [4.78, 5) is 0. The van der Waals surface area contributed by atoms with E-state index in [9.17, 15) is 5.11 Å². The molecule has 0 spiro atoms. The molecular weight excluding hydrogens is 272 g/mol. The molecule has 4 aliphatic carbocycles. The molecule has 0 aromatic carbocycles. The molecule has 6 unspecified atom stereocenters. The first-order valence-corrected chi connectivity index (χ1v) is 9.41. The second kappa shape index (κ2) is 5.08. The van der Waals surface area contributed by atoms with Crippen molar-refractivity contribution in [2.24, 2.45) is 28.6 Å². The Kier molecular flexibility index (Phi) is 3.51. The molecular formula is C20H32O2. The third-order valence-electron chi connectivity index (χ3n) is 8.32. The standard InChI is InChI=1S/C20H32O2/c1-19-10-8-14(22-3)12-13(19)4-5-15-16-6-7-18(21)20(16,2)11-9-17(15)19/h12,14-18,21H,4-11H2,1-3H3/t14-,15?,16?,17?,18?,19?,20?/m0/s1. The number of aliphatic hydroxyl groups is 1. The summed E-state index contributed by atoms with van der Waals surface area (Å²) in [6, 6.07) is 0. The lowest BCUT2D eigenvalue weighted by atomic mass is 9.47. The Balaban J connectivity index is 1.65.